The summed E-state index contributed by atoms with van der Waals surface area (Å²) in [4.78, 5) is 9.88. The molecule has 2 N–H and O–H groups in total. The largest absolute Gasteiger partial charge is 0.389 e. The predicted octanol–water partition coefficient (Wildman–Crippen LogP) is 1.38. The Balaban J connectivity index is 2.99. The predicted molar refractivity (Wildman–Crippen MR) is 66.2 cm³/mol. The molecule has 0 aliphatic heterocycles. The number of rotatable bonds is 4. The average molecular weight is 245 g/mol. The minimum atomic E-state index is -0.794. The van der Waals surface area contributed by atoms with Gasteiger partial charge in [-0.2, -0.15) is 0 Å². The maximum Gasteiger partial charge on any atom is 0.157 e. The van der Waals surface area contributed by atoms with Crippen LogP contribution in [0.25, 0.3) is 0 Å². The van der Waals surface area contributed by atoms with Crippen molar-refractivity contribution in [2.75, 3.05) is 30.9 Å². The number of anilines is 2. The molecule has 1 heterocycles. The minimum Gasteiger partial charge on any atom is -0.389 e. The summed E-state index contributed by atoms with van der Waals surface area (Å²) in [6.07, 6.45) is 1.40. The number of likely N-dealkylation sites (N-methyl/N-ethyl adjacent to an activating group) is 1. The van der Waals surface area contributed by atoms with Crippen LogP contribution in [-0.4, -0.2) is 41.3 Å². The van der Waals surface area contributed by atoms with E-state index in [0.717, 1.165) is 0 Å². The van der Waals surface area contributed by atoms with E-state index in [0.29, 0.717) is 23.2 Å². The molecular weight excluding hydrogens is 228 g/mol. The van der Waals surface area contributed by atoms with Gasteiger partial charge in [0.2, 0.25) is 0 Å². The van der Waals surface area contributed by atoms with Crippen LogP contribution in [0.5, 0.6) is 0 Å². The maximum atomic E-state index is 9.74. The van der Waals surface area contributed by atoms with Crippen LogP contribution in [0.1, 0.15) is 13.8 Å². The molecule has 16 heavy (non-hydrogen) atoms. The molecule has 0 unspecified atom stereocenters. The lowest BCUT2D eigenvalue weighted by Crippen LogP contribution is -2.37. The van der Waals surface area contributed by atoms with E-state index in [2.05, 4.69) is 15.3 Å². The second-order valence-electron chi connectivity index (χ2n) is 4.28. The van der Waals surface area contributed by atoms with E-state index in [1.807, 2.05) is 11.9 Å². The van der Waals surface area contributed by atoms with Crippen molar-refractivity contribution in [3.05, 3.63) is 11.5 Å². The van der Waals surface area contributed by atoms with Gasteiger partial charge in [-0.1, -0.05) is 11.6 Å². The fraction of sp³-hybridized carbons (Fsp3) is 0.600. The van der Waals surface area contributed by atoms with Gasteiger partial charge in [0.15, 0.2) is 11.0 Å². The molecule has 6 heteroatoms. The van der Waals surface area contributed by atoms with Crippen molar-refractivity contribution in [3.8, 4) is 0 Å². The molecule has 1 aromatic heterocycles. The molecule has 0 amide bonds. The zero-order chi connectivity index (χ0) is 12.3. The van der Waals surface area contributed by atoms with Gasteiger partial charge >= 0.3 is 0 Å². The fourth-order valence-corrected chi connectivity index (χ4v) is 1.74. The van der Waals surface area contributed by atoms with Crippen molar-refractivity contribution in [2.24, 2.45) is 0 Å². The quantitative estimate of drug-likeness (QED) is 0.784. The van der Waals surface area contributed by atoms with Crippen LogP contribution in [0.3, 0.4) is 0 Å². The topological polar surface area (TPSA) is 61.3 Å². The van der Waals surface area contributed by atoms with Gasteiger partial charge in [-0.25, -0.2) is 9.97 Å². The second-order valence-corrected chi connectivity index (χ2v) is 4.64. The zero-order valence-corrected chi connectivity index (χ0v) is 10.7. The van der Waals surface area contributed by atoms with Gasteiger partial charge in [0.25, 0.3) is 0 Å². The molecule has 1 aromatic rings. The van der Waals surface area contributed by atoms with Crippen LogP contribution in [0.2, 0.25) is 5.15 Å². The highest BCUT2D eigenvalue weighted by atomic mass is 35.5. The standard InChI is InChI=1S/C10H17ClN4O/c1-10(2,16)5-15(4)9-7(12-3)8(11)13-6-14-9/h6,12,16H,5H2,1-4H3. The lowest BCUT2D eigenvalue weighted by molar-refractivity contribution is 0.0885. The molecule has 0 saturated carbocycles. The smallest absolute Gasteiger partial charge is 0.157 e. The molecule has 0 spiro atoms. The number of nitrogens with zero attached hydrogens (tertiary/aromatic N) is 3. The lowest BCUT2D eigenvalue weighted by Gasteiger charge is -2.27. The van der Waals surface area contributed by atoms with Crippen LogP contribution in [0.4, 0.5) is 11.5 Å². The average Bonchev–Trinajstić information content (AvgIpc) is 2.14. The highest BCUT2D eigenvalue weighted by molar-refractivity contribution is 6.32. The van der Waals surface area contributed by atoms with Crippen molar-refractivity contribution in [2.45, 2.75) is 19.4 Å². The third-order valence-electron chi connectivity index (χ3n) is 2.02. The molecule has 1 rings (SSSR count). The Morgan fingerprint density at radius 3 is 2.62 bits per heavy atom. The van der Waals surface area contributed by atoms with Crippen LogP contribution < -0.4 is 10.2 Å². The van der Waals surface area contributed by atoms with E-state index in [1.54, 1.807) is 20.9 Å². The van der Waals surface area contributed by atoms with Crippen molar-refractivity contribution in [1.82, 2.24) is 9.97 Å². The molecule has 0 radical (unpaired) electrons. The molecule has 0 fully saturated rings. The van der Waals surface area contributed by atoms with Gasteiger partial charge in [-0.15, -0.1) is 0 Å². The van der Waals surface area contributed by atoms with Gasteiger partial charge in [0.1, 0.15) is 12.0 Å². The normalized spacial score (nSPS) is 11.4. The lowest BCUT2D eigenvalue weighted by atomic mass is 10.1. The second kappa shape index (κ2) is 4.84. The van der Waals surface area contributed by atoms with E-state index >= 15 is 0 Å². The molecule has 0 aromatic carbocycles. The first-order valence-electron chi connectivity index (χ1n) is 4.97. The number of hydrogen-bond donors (Lipinski definition) is 2. The molecule has 0 saturated heterocycles. The maximum absolute atomic E-state index is 9.74. The summed E-state index contributed by atoms with van der Waals surface area (Å²) in [6.45, 7) is 3.94. The van der Waals surface area contributed by atoms with Crippen molar-refractivity contribution in [1.29, 1.82) is 0 Å². The monoisotopic (exact) mass is 244 g/mol. The summed E-state index contributed by atoms with van der Waals surface area (Å²) >= 11 is 5.94. The van der Waals surface area contributed by atoms with Gasteiger partial charge in [0.05, 0.1) is 5.60 Å². The van der Waals surface area contributed by atoms with Crippen LogP contribution in [0.15, 0.2) is 6.33 Å². The number of aromatic nitrogens is 2. The molecule has 90 valence electrons. The van der Waals surface area contributed by atoms with Gasteiger partial charge < -0.3 is 15.3 Å². The minimum absolute atomic E-state index is 0.370. The number of halogens is 1. The first kappa shape index (κ1) is 13.0. The van der Waals surface area contributed by atoms with E-state index in [-0.39, 0.29) is 0 Å². The van der Waals surface area contributed by atoms with Gasteiger partial charge in [-0.05, 0) is 13.8 Å². The third kappa shape index (κ3) is 3.21. The molecule has 0 bridgehead atoms. The SMILES string of the molecule is CNc1c(Cl)ncnc1N(C)CC(C)(C)O. The first-order chi connectivity index (χ1) is 7.35. The Labute approximate surface area is 100 Å². The highest BCUT2D eigenvalue weighted by Crippen LogP contribution is 2.28. The third-order valence-corrected chi connectivity index (χ3v) is 2.30. The summed E-state index contributed by atoms with van der Waals surface area (Å²) in [6, 6.07) is 0. The fourth-order valence-electron chi connectivity index (χ4n) is 1.52. The Bertz CT molecular complexity index is 364. The molecular formula is C10H17ClN4O. The van der Waals surface area contributed by atoms with Crippen molar-refractivity contribution < 1.29 is 5.11 Å². The summed E-state index contributed by atoms with van der Waals surface area (Å²) in [5.41, 5.74) is -0.132. The zero-order valence-electron chi connectivity index (χ0n) is 9.95. The van der Waals surface area contributed by atoms with Crippen molar-refractivity contribution in [3.63, 3.8) is 0 Å². The van der Waals surface area contributed by atoms with E-state index in [1.165, 1.54) is 6.33 Å². The van der Waals surface area contributed by atoms with E-state index in [4.69, 9.17) is 11.6 Å². The van der Waals surface area contributed by atoms with E-state index < -0.39 is 5.60 Å². The Morgan fingerprint density at radius 1 is 1.50 bits per heavy atom. The number of nitrogens with one attached hydrogen (secondary N) is 1. The molecule has 5 nitrogen and oxygen atoms in total. The van der Waals surface area contributed by atoms with Crippen LogP contribution in [-0.2, 0) is 0 Å². The summed E-state index contributed by atoms with van der Waals surface area (Å²) in [5, 5.41) is 13.1. The molecule has 0 aliphatic rings. The first-order valence-corrected chi connectivity index (χ1v) is 5.34. The summed E-state index contributed by atoms with van der Waals surface area (Å²) < 4.78 is 0. The van der Waals surface area contributed by atoms with E-state index in [9.17, 15) is 5.11 Å². The van der Waals surface area contributed by atoms with Gasteiger partial charge in [0, 0.05) is 20.6 Å². The number of hydrogen-bond acceptors (Lipinski definition) is 5. The summed E-state index contributed by atoms with van der Waals surface area (Å²) in [7, 11) is 3.60. The van der Waals surface area contributed by atoms with Crippen molar-refractivity contribution >= 4 is 23.1 Å². The van der Waals surface area contributed by atoms with Gasteiger partial charge in [-0.3, -0.25) is 0 Å². The summed E-state index contributed by atoms with van der Waals surface area (Å²) in [5.74, 6) is 0.671. The Kier molecular flexibility index (Phi) is 3.93. The molecule has 0 aliphatic carbocycles. The Morgan fingerprint density at radius 2 is 2.12 bits per heavy atom. The molecule has 0 atom stereocenters. The van der Waals surface area contributed by atoms with Crippen LogP contribution >= 0.6 is 11.6 Å². The number of aliphatic hydroxyl groups is 1. The highest BCUT2D eigenvalue weighted by Gasteiger charge is 2.19. The Hall–Kier alpha value is -1.07. The van der Waals surface area contributed by atoms with Crippen LogP contribution in [0, 0.1) is 0 Å².